The van der Waals surface area contributed by atoms with Crippen molar-refractivity contribution in [3.05, 3.63) is 84.2 Å². The van der Waals surface area contributed by atoms with Crippen LogP contribution >= 0.6 is 11.8 Å². The van der Waals surface area contributed by atoms with E-state index in [0.29, 0.717) is 41.1 Å². The Morgan fingerprint density at radius 2 is 1.74 bits per heavy atom. The monoisotopic (exact) mass is 567 g/mol. The fraction of sp³-hybridized carbons (Fsp3) is 0.222. The SMILES string of the molecule is Cc1ccc(NC(=O)CSc2nnc(-c3ccccc3)n2-c2ccc(F)cc2)cc1S(=O)(=O)N1CCOCC1. The summed E-state index contributed by atoms with van der Waals surface area (Å²) < 4.78 is 48.4. The number of thioether (sulfide) groups is 1. The van der Waals surface area contributed by atoms with Gasteiger partial charge in [-0.2, -0.15) is 4.31 Å². The van der Waals surface area contributed by atoms with E-state index in [2.05, 4.69) is 15.5 Å². The third-order valence-electron chi connectivity index (χ3n) is 6.14. The standard InChI is InChI=1S/C27H26FN5O4S2/c1-19-7-10-22(17-24(19)39(35,36)32-13-15-37-16-14-32)29-25(34)18-38-27-31-30-26(20-5-3-2-4-6-20)33(27)23-11-8-21(28)9-12-23/h2-12,17H,13-16,18H2,1H3,(H,29,34). The Labute approximate surface area is 230 Å². The second-order valence-corrected chi connectivity index (χ2v) is 11.7. The van der Waals surface area contributed by atoms with Crippen molar-refractivity contribution in [3.8, 4) is 17.1 Å². The smallest absolute Gasteiger partial charge is 0.243 e. The molecule has 202 valence electrons. The number of ether oxygens (including phenoxy) is 1. The first-order valence-corrected chi connectivity index (χ1v) is 14.6. The normalized spacial score (nSPS) is 14.3. The summed E-state index contributed by atoms with van der Waals surface area (Å²) in [4.78, 5) is 13.0. The van der Waals surface area contributed by atoms with Crippen molar-refractivity contribution in [1.82, 2.24) is 19.1 Å². The average Bonchev–Trinajstić information content (AvgIpc) is 3.38. The predicted octanol–water partition coefficient (Wildman–Crippen LogP) is 4.13. The molecule has 0 spiro atoms. The molecule has 0 bridgehead atoms. The van der Waals surface area contributed by atoms with E-state index in [4.69, 9.17) is 4.74 Å². The number of benzene rings is 3. The van der Waals surface area contributed by atoms with E-state index in [-0.39, 0.29) is 35.5 Å². The fourth-order valence-corrected chi connectivity index (χ4v) is 6.58. The number of carbonyl (C=O) groups is 1. The van der Waals surface area contributed by atoms with Gasteiger partial charge in [-0.05, 0) is 48.9 Å². The lowest BCUT2D eigenvalue weighted by molar-refractivity contribution is -0.113. The molecule has 5 rings (SSSR count). The van der Waals surface area contributed by atoms with Crippen LogP contribution in [-0.4, -0.2) is 65.5 Å². The molecule has 12 heteroatoms. The van der Waals surface area contributed by atoms with Crippen LogP contribution in [0.3, 0.4) is 0 Å². The molecule has 1 aliphatic rings. The molecule has 0 aliphatic carbocycles. The van der Waals surface area contributed by atoms with Crippen LogP contribution in [0.4, 0.5) is 10.1 Å². The highest BCUT2D eigenvalue weighted by atomic mass is 32.2. The van der Waals surface area contributed by atoms with E-state index < -0.39 is 10.0 Å². The van der Waals surface area contributed by atoms with Gasteiger partial charge < -0.3 is 10.1 Å². The van der Waals surface area contributed by atoms with Crippen molar-refractivity contribution in [3.63, 3.8) is 0 Å². The van der Waals surface area contributed by atoms with Gasteiger partial charge in [0, 0.05) is 30.0 Å². The van der Waals surface area contributed by atoms with Gasteiger partial charge in [0.15, 0.2) is 11.0 Å². The van der Waals surface area contributed by atoms with Crippen molar-refractivity contribution in [2.24, 2.45) is 0 Å². The van der Waals surface area contributed by atoms with Gasteiger partial charge >= 0.3 is 0 Å². The van der Waals surface area contributed by atoms with Gasteiger partial charge in [0.2, 0.25) is 15.9 Å². The number of morpholine rings is 1. The maximum atomic E-state index is 13.6. The zero-order valence-corrected chi connectivity index (χ0v) is 22.7. The van der Waals surface area contributed by atoms with Crippen LogP contribution in [-0.2, 0) is 19.6 Å². The van der Waals surface area contributed by atoms with Gasteiger partial charge in [0.1, 0.15) is 5.82 Å². The third-order valence-corrected chi connectivity index (χ3v) is 9.11. The van der Waals surface area contributed by atoms with E-state index >= 15 is 0 Å². The summed E-state index contributed by atoms with van der Waals surface area (Å²) in [6.07, 6.45) is 0. The maximum Gasteiger partial charge on any atom is 0.243 e. The molecule has 9 nitrogen and oxygen atoms in total. The van der Waals surface area contributed by atoms with Crippen molar-refractivity contribution >= 4 is 33.4 Å². The number of carbonyl (C=O) groups excluding carboxylic acids is 1. The topological polar surface area (TPSA) is 106 Å². The fourth-order valence-electron chi connectivity index (χ4n) is 4.17. The number of halogens is 1. The Hall–Kier alpha value is -3.58. The van der Waals surface area contributed by atoms with Crippen LogP contribution < -0.4 is 5.32 Å². The van der Waals surface area contributed by atoms with Gasteiger partial charge in [-0.15, -0.1) is 10.2 Å². The van der Waals surface area contributed by atoms with E-state index in [0.717, 1.165) is 5.56 Å². The molecule has 1 aliphatic heterocycles. The number of sulfonamides is 1. The van der Waals surface area contributed by atoms with Crippen LogP contribution in [0.15, 0.2) is 82.8 Å². The first-order valence-electron chi connectivity index (χ1n) is 12.2. The summed E-state index contributed by atoms with van der Waals surface area (Å²) >= 11 is 1.17. The highest BCUT2D eigenvalue weighted by Gasteiger charge is 2.28. The lowest BCUT2D eigenvalue weighted by Gasteiger charge is -2.26. The molecule has 1 amide bonds. The molecular weight excluding hydrogens is 541 g/mol. The molecule has 1 fully saturated rings. The molecular formula is C27H26FN5O4S2. The summed E-state index contributed by atoms with van der Waals surface area (Å²) in [5.74, 6) is -0.155. The number of hydrogen-bond acceptors (Lipinski definition) is 7. The maximum absolute atomic E-state index is 13.6. The van der Waals surface area contributed by atoms with Crippen molar-refractivity contribution in [2.75, 3.05) is 37.4 Å². The van der Waals surface area contributed by atoms with Crippen LogP contribution in [0.5, 0.6) is 0 Å². The Balaban J connectivity index is 1.34. The molecule has 2 heterocycles. The number of hydrogen-bond donors (Lipinski definition) is 1. The molecule has 0 saturated carbocycles. The first kappa shape index (κ1) is 27.0. The number of anilines is 1. The molecule has 1 saturated heterocycles. The predicted molar refractivity (Wildman–Crippen MR) is 147 cm³/mol. The number of aromatic nitrogens is 3. The van der Waals surface area contributed by atoms with Crippen molar-refractivity contribution < 1.29 is 22.3 Å². The van der Waals surface area contributed by atoms with Crippen LogP contribution in [0.2, 0.25) is 0 Å². The van der Waals surface area contributed by atoms with Gasteiger partial charge in [-0.1, -0.05) is 48.2 Å². The second kappa shape index (κ2) is 11.7. The Bertz CT molecular complexity index is 1570. The third kappa shape index (κ3) is 6.04. The zero-order valence-electron chi connectivity index (χ0n) is 21.1. The molecule has 3 aromatic carbocycles. The van der Waals surface area contributed by atoms with E-state index in [9.17, 15) is 17.6 Å². The first-order chi connectivity index (χ1) is 18.8. The van der Waals surface area contributed by atoms with Gasteiger partial charge in [-0.25, -0.2) is 12.8 Å². The van der Waals surface area contributed by atoms with Gasteiger partial charge in [0.05, 0.1) is 23.9 Å². The largest absolute Gasteiger partial charge is 0.379 e. The minimum absolute atomic E-state index is 0.00641. The van der Waals surface area contributed by atoms with Gasteiger partial charge in [0.25, 0.3) is 0 Å². The molecule has 39 heavy (non-hydrogen) atoms. The highest BCUT2D eigenvalue weighted by Crippen LogP contribution is 2.29. The molecule has 4 aromatic rings. The number of nitrogens with one attached hydrogen (secondary N) is 1. The number of nitrogens with zero attached hydrogens (tertiary/aromatic N) is 4. The Morgan fingerprint density at radius 1 is 1.03 bits per heavy atom. The quantitative estimate of drug-likeness (QED) is 0.319. The highest BCUT2D eigenvalue weighted by molar-refractivity contribution is 7.99. The summed E-state index contributed by atoms with van der Waals surface area (Å²) in [5.41, 5.74) is 2.44. The lowest BCUT2D eigenvalue weighted by Crippen LogP contribution is -2.40. The van der Waals surface area contributed by atoms with E-state index in [1.54, 1.807) is 35.8 Å². The minimum atomic E-state index is -3.72. The zero-order chi connectivity index (χ0) is 27.4. The van der Waals surface area contributed by atoms with Crippen LogP contribution in [0, 0.1) is 12.7 Å². The number of aryl methyl sites for hydroxylation is 1. The molecule has 0 radical (unpaired) electrons. The summed E-state index contributed by atoms with van der Waals surface area (Å²) in [7, 11) is -3.72. The van der Waals surface area contributed by atoms with Crippen molar-refractivity contribution in [1.29, 1.82) is 0 Å². The lowest BCUT2D eigenvalue weighted by atomic mass is 10.2. The van der Waals surface area contributed by atoms with E-state index in [1.807, 2.05) is 30.3 Å². The molecule has 0 atom stereocenters. The van der Waals surface area contributed by atoms with Crippen LogP contribution in [0.25, 0.3) is 17.1 Å². The summed E-state index contributed by atoms with van der Waals surface area (Å²) in [6, 6.07) is 20.2. The second-order valence-electron chi connectivity index (χ2n) is 8.82. The van der Waals surface area contributed by atoms with Crippen molar-refractivity contribution in [2.45, 2.75) is 17.0 Å². The summed E-state index contributed by atoms with van der Waals surface area (Å²) in [6.45, 7) is 2.99. The minimum Gasteiger partial charge on any atom is -0.379 e. The molecule has 0 unspecified atom stereocenters. The van der Waals surface area contributed by atoms with Crippen LogP contribution in [0.1, 0.15) is 5.56 Å². The molecule has 1 aromatic heterocycles. The Kier molecular flexibility index (Phi) is 8.07. The number of rotatable bonds is 8. The van der Waals surface area contributed by atoms with Gasteiger partial charge in [-0.3, -0.25) is 9.36 Å². The number of amides is 1. The molecule has 1 N–H and O–H groups in total. The van der Waals surface area contributed by atoms with E-state index in [1.165, 1.54) is 34.3 Å². The average molecular weight is 568 g/mol. The Morgan fingerprint density at radius 3 is 2.46 bits per heavy atom. The summed E-state index contributed by atoms with van der Waals surface area (Å²) in [5, 5.41) is 11.9.